The molecule has 2 heterocycles. The smallest absolute Gasteiger partial charge is 0.244 e. The minimum absolute atomic E-state index is 0.0427. The van der Waals surface area contributed by atoms with Crippen LogP contribution in [0.15, 0.2) is 54.6 Å². The zero-order valence-electron chi connectivity index (χ0n) is 14.8. The van der Waals surface area contributed by atoms with E-state index in [0.29, 0.717) is 0 Å². The van der Waals surface area contributed by atoms with Gasteiger partial charge in [0, 0.05) is 18.8 Å². The van der Waals surface area contributed by atoms with Crippen molar-refractivity contribution < 1.29 is 4.79 Å². The van der Waals surface area contributed by atoms with Crippen LogP contribution in [0, 0.1) is 0 Å². The lowest BCUT2D eigenvalue weighted by Gasteiger charge is -2.39. The van der Waals surface area contributed by atoms with Gasteiger partial charge in [-0.2, -0.15) is 0 Å². The molecular weight excluding hydrogens is 310 g/mol. The number of fused-ring (bicyclic) bond motifs is 1. The summed E-state index contributed by atoms with van der Waals surface area (Å²) in [7, 11) is 0. The number of nitrogens with zero attached hydrogens (tertiary/aromatic N) is 3. The van der Waals surface area contributed by atoms with E-state index in [0.717, 1.165) is 37.6 Å². The van der Waals surface area contributed by atoms with Crippen molar-refractivity contribution in [2.75, 3.05) is 36.0 Å². The third-order valence-corrected chi connectivity index (χ3v) is 5.39. The molecule has 1 amide bonds. The van der Waals surface area contributed by atoms with Crippen LogP contribution in [0.2, 0.25) is 0 Å². The fraction of sp³-hybridized carbons (Fsp3) is 0.381. The molecule has 1 fully saturated rings. The number of likely N-dealkylation sites (tertiary alicyclic amines) is 1. The fourth-order valence-corrected chi connectivity index (χ4v) is 3.98. The summed E-state index contributed by atoms with van der Waals surface area (Å²) in [6.45, 7) is 5.68. The Morgan fingerprint density at radius 1 is 0.840 bits per heavy atom. The van der Waals surface area contributed by atoms with Gasteiger partial charge in [-0.05, 0) is 57.1 Å². The Bertz CT molecular complexity index is 740. The second-order valence-corrected chi connectivity index (χ2v) is 6.88. The topological polar surface area (TPSA) is 26.8 Å². The van der Waals surface area contributed by atoms with Crippen molar-refractivity contribution >= 4 is 23.0 Å². The zero-order valence-corrected chi connectivity index (χ0v) is 14.8. The highest BCUT2D eigenvalue weighted by Crippen LogP contribution is 2.37. The van der Waals surface area contributed by atoms with Gasteiger partial charge >= 0.3 is 0 Å². The van der Waals surface area contributed by atoms with Crippen molar-refractivity contribution in [1.82, 2.24) is 4.90 Å². The molecule has 2 aliphatic heterocycles. The molecule has 0 N–H and O–H groups in total. The van der Waals surface area contributed by atoms with Gasteiger partial charge in [-0.15, -0.1) is 0 Å². The molecule has 2 aliphatic rings. The lowest BCUT2D eigenvalue weighted by atomic mass is 10.1. The molecule has 0 radical (unpaired) electrons. The molecule has 4 heteroatoms. The number of hydrogen-bond donors (Lipinski definition) is 0. The number of hydrogen-bond acceptors (Lipinski definition) is 3. The average molecular weight is 335 g/mol. The van der Waals surface area contributed by atoms with Gasteiger partial charge in [-0.25, -0.2) is 0 Å². The molecule has 4 rings (SSSR count). The number of rotatable bonds is 3. The van der Waals surface area contributed by atoms with E-state index in [1.807, 2.05) is 23.1 Å². The number of carbonyl (C=O) groups excluding carboxylic acids is 1. The van der Waals surface area contributed by atoms with Crippen LogP contribution in [-0.2, 0) is 4.79 Å². The van der Waals surface area contributed by atoms with Crippen LogP contribution >= 0.6 is 0 Å². The van der Waals surface area contributed by atoms with E-state index in [1.54, 1.807) is 0 Å². The lowest BCUT2D eigenvalue weighted by molar-refractivity contribution is -0.122. The Morgan fingerprint density at radius 3 is 2.20 bits per heavy atom. The Kier molecular flexibility index (Phi) is 4.45. The highest BCUT2D eigenvalue weighted by Gasteiger charge is 2.32. The first-order chi connectivity index (χ1) is 12.3. The summed E-state index contributed by atoms with van der Waals surface area (Å²) in [6.07, 6.45) is 2.41. The summed E-state index contributed by atoms with van der Waals surface area (Å²) in [6, 6.07) is 18.6. The molecule has 1 saturated heterocycles. The van der Waals surface area contributed by atoms with E-state index in [1.165, 1.54) is 18.5 Å². The van der Waals surface area contributed by atoms with Gasteiger partial charge < -0.3 is 9.80 Å². The Hall–Kier alpha value is -2.33. The second-order valence-electron chi connectivity index (χ2n) is 6.88. The van der Waals surface area contributed by atoms with Crippen LogP contribution in [0.1, 0.15) is 19.8 Å². The normalized spacial score (nSPS) is 18.9. The maximum Gasteiger partial charge on any atom is 0.244 e. The largest absolute Gasteiger partial charge is 0.338 e. The van der Waals surface area contributed by atoms with Crippen LogP contribution in [0.5, 0.6) is 0 Å². The van der Waals surface area contributed by atoms with Crippen molar-refractivity contribution in [2.45, 2.75) is 25.8 Å². The van der Waals surface area contributed by atoms with Crippen LogP contribution in [0.3, 0.4) is 0 Å². The van der Waals surface area contributed by atoms with Crippen LogP contribution in [-0.4, -0.2) is 43.0 Å². The Labute approximate surface area is 149 Å². The van der Waals surface area contributed by atoms with Crippen LogP contribution in [0.4, 0.5) is 17.1 Å². The lowest BCUT2D eigenvalue weighted by Crippen LogP contribution is -2.50. The van der Waals surface area contributed by atoms with Gasteiger partial charge in [-0.1, -0.05) is 30.3 Å². The summed E-state index contributed by atoms with van der Waals surface area (Å²) < 4.78 is 0. The maximum atomic E-state index is 13.2. The fourth-order valence-electron chi connectivity index (χ4n) is 3.98. The van der Waals surface area contributed by atoms with E-state index in [2.05, 4.69) is 53.1 Å². The quantitative estimate of drug-likeness (QED) is 0.856. The molecule has 130 valence electrons. The molecule has 2 aromatic rings. The molecule has 1 unspecified atom stereocenters. The standard InChI is InChI=1S/C21H25N3O/c1-17(22-13-7-8-14-22)21(25)24-16-15-23(18-9-3-2-4-10-18)19-11-5-6-12-20(19)24/h2-6,9-12,17H,7-8,13-16H2,1H3. The molecule has 0 spiro atoms. The summed E-state index contributed by atoms with van der Waals surface area (Å²) >= 11 is 0. The first kappa shape index (κ1) is 16.2. The minimum Gasteiger partial charge on any atom is -0.338 e. The second kappa shape index (κ2) is 6.89. The maximum absolute atomic E-state index is 13.2. The molecule has 0 aromatic heterocycles. The first-order valence-corrected chi connectivity index (χ1v) is 9.23. The average Bonchev–Trinajstić information content (AvgIpc) is 3.21. The van der Waals surface area contributed by atoms with Gasteiger partial charge in [0.05, 0.1) is 17.4 Å². The highest BCUT2D eigenvalue weighted by atomic mass is 16.2. The summed E-state index contributed by atoms with van der Waals surface area (Å²) in [4.78, 5) is 19.8. The summed E-state index contributed by atoms with van der Waals surface area (Å²) in [5.74, 6) is 0.224. The number of carbonyl (C=O) groups is 1. The first-order valence-electron chi connectivity index (χ1n) is 9.23. The molecule has 0 saturated carbocycles. The predicted octanol–water partition coefficient (Wildman–Crippen LogP) is 3.66. The minimum atomic E-state index is -0.0427. The van der Waals surface area contributed by atoms with Crippen molar-refractivity contribution in [3.63, 3.8) is 0 Å². The molecule has 1 atom stereocenters. The number of para-hydroxylation sites is 3. The van der Waals surface area contributed by atoms with E-state index < -0.39 is 0 Å². The molecular formula is C21H25N3O. The third-order valence-electron chi connectivity index (χ3n) is 5.39. The van der Waals surface area contributed by atoms with E-state index in [-0.39, 0.29) is 11.9 Å². The number of amides is 1. The van der Waals surface area contributed by atoms with Gasteiger partial charge in [0.15, 0.2) is 0 Å². The molecule has 4 nitrogen and oxygen atoms in total. The van der Waals surface area contributed by atoms with Crippen molar-refractivity contribution in [1.29, 1.82) is 0 Å². The van der Waals surface area contributed by atoms with Gasteiger partial charge in [-0.3, -0.25) is 9.69 Å². The monoisotopic (exact) mass is 335 g/mol. The van der Waals surface area contributed by atoms with Crippen molar-refractivity contribution in [3.05, 3.63) is 54.6 Å². The number of anilines is 3. The van der Waals surface area contributed by atoms with Crippen molar-refractivity contribution in [2.24, 2.45) is 0 Å². The van der Waals surface area contributed by atoms with Gasteiger partial charge in [0.2, 0.25) is 5.91 Å². The van der Waals surface area contributed by atoms with Gasteiger partial charge in [0.25, 0.3) is 0 Å². The summed E-state index contributed by atoms with van der Waals surface area (Å²) in [5.41, 5.74) is 3.31. The van der Waals surface area contributed by atoms with Crippen LogP contribution < -0.4 is 9.80 Å². The van der Waals surface area contributed by atoms with Gasteiger partial charge in [0.1, 0.15) is 0 Å². The third kappa shape index (κ3) is 3.02. The van der Waals surface area contributed by atoms with E-state index >= 15 is 0 Å². The SMILES string of the molecule is CC(C(=O)N1CCN(c2ccccc2)c2ccccc21)N1CCCC1. The molecule has 0 aliphatic carbocycles. The van der Waals surface area contributed by atoms with Crippen LogP contribution in [0.25, 0.3) is 0 Å². The summed E-state index contributed by atoms with van der Waals surface area (Å²) in [5, 5.41) is 0. The Morgan fingerprint density at radius 2 is 1.48 bits per heavy atom. The number of benzene rings is 2. The molecule has 0 bridgehead atoms. The zero-order chi connectivity index (χ0) is 17.2. The molecule has 25 heavy (non-hydrogen) atoms. The van der Waals surface area contributed by atoms with E-state index in [4.69, 9.17) is 0 Å². The molecule has 2 aromatic carbocycles. The Balaban J connectivity index is 1.63. The van der Waals surface area contributed by atoms with E-state index in [9.17, 15) is 4.79 Å². The highest BCUT2D eigenvalue weighted by molar-refractivity contribution is 6.01. The predicted molar refractivity (Wildman–Crippen MR) is 103 cm³/mol. The van der Waals surface area contributed by atoms with Crippen molar-refractivity contribution in [3.8, 4) is 0 Å².